The number of phenolic OH excluding ortho intramolecular Hbond substituents is 1. The molecule has 3 aromatic carbocycles. The zero-order chi connectivity index (χ0) is 17.8. The topological polar surface area (TPSA) is 102 Å². The molecule has 0 bridgehead atoms. The number of aromatic hydroxyl groups is 1. The maximum atomic E-state index is 12.0. The number of fused-ring (bicyclic) bond motifs is 1. The number of ether oxygens (including phenoxy) is 1. The lowest BCUT2D eigenvalue weighted by Gasteiger charge is -2.09. The number of nitro benzene ring substituents is 1. The van der Waals surface area contributed by atoms with Gasteiger partial charge in [0.2, 0.25) is 0 Å². The maximum absolute atomic E-state index is 12.0. The van der Waals surface area contributed by atoms with Crippen LogP contribution in [0.4, 0.5) is 11.4 Å². The Hall–Kier alpha value is -3.61. The highest BCUT2D eigenvalue weighted by molar-refractivity contribution is 5.93. The van der Waals surface area contributed by atoms with Crippen LogP contribution in [-0.4, -0.2) is 22.5 Å². The van der Waals surface area contributed by atoms with Crippen molar-refractivity contribution in [2.75, 3.05) is 11.9 Å². The average molecular weight is 338 g/mol. The van der Waals surface area contributed by atoms with Crippen molar-refractivity contribution in [3.05, 3.63) is 70.8 Å². The second-order valence-corrected chi connectivity index (χ2v) is 5.30. The SMILES string of the molecule is O=C(COc1ccc2ccccc2c1)Nc1cc([N+](=O)[O-])ccc1O. The van der Waals surface area contributed by atoms with Gasteiger partial charge in [-0.1, -0.05) is 30.3 Å². The van der Waals surface area contributed by atoms with Gasteiger partial charge in [0.15, 0.2) is 6.61 Å². The first-order valence-corrected chi connectivity index (χ1v) is 7.42. The van der Waals surface area contributed by atoms with Gasteiger partial charge in [0.05, 0.1) is 10.6 Å². The Bertz CT molecular complexity index is 955. The normalized spacial score (nSPS) is 10.4. The summed E-state index contributed by atoms with van der Waals surface area (Å²) in [4.78, 5) is 22.1. The number of nitrogens with one attached hydrogen (secondary N) is 1. The van der Waals surface area contributed by atoms with Gasteiger partial charge in [0.25, 0.3) is 11.6 Å². The van der Waals surface area contributed by atoms with E-state index in [-0.39, 0.29) is 23.7 Å². The second-order valence-electron chi connectivity index (χ2n) is 5.30. The number of carbonyl (C=O) groups is 1. The van der Waals surface area contributed by atoms with Crippen molar-refractivity contribution in [1.82, 2.24) is 0 Å². The van der Waals surface area contributed by atoms with Crippen molar-refractivity contribution in [3.8, 4) is 11.5 Å². The molecule has 0 saturated carbocycles. The average Bonchev–Trinajstić information content (AvgIpc) is 2.61. The zero-order valence-electron chi connectivity index (χ0n) is 13.0. The summed E-state index contributed by atoms with van der Waals surface area (Å²) in [7, 11) is 0. The molecule has 0 radical (unpaired) electrons. The van der Waals surface area contributed by atoms with Gasteiger partial charge in [-0.25, -0.2) is 0 Å². The number of amides is 1. The molecule has 0 saturated heterocycles. The number of non-ortho nitro benzene ring substituents is 1. The summed E-state index contributed by atoms with van der Waals surface area (Å²) in [6.07, 6.45) is 0. The second kappa shape index (κ2) is 6.88. The number of carbonyl (C=O) groups excluding carboxylic acids is 1. The van der Waals surface area contributed by atoms with E-state index in [4.69, 9.17) is 4.74 Å². The molecular formula is C18H14N2O5. The predicted molar refractivity (Wildman–Crippen MR) is 92.8 cm³/mol. The van der Waals surface area contributed by atoms with Crippen LogP contribution < -0.4 is 10.1 Å². The number of hydrogen-bond acceptors (Lipinski definition) is 5. The minimum absolute atomic E-state index is 0.0405. The molecule has 0 atom stereocenters. The summed E-state index contributed by atoms with van der Waals surface area (Å²) in [6, 6.07) is 16.6. The third-order valence-electron chi connectivity index (χ3n) is 3.56. The molecule has 0 heterocycles. The smallest absolute Gasteiger partial charge is 0.271 e. The van der Waals surface area contributed by atoms with Crippen LogP contribution in [-0.2, 0) is 4.79 Å². The molecule has 0 spiro atoms. The molecular weight excluding hydrogens is 324 g/mol. The first-order valence-electron chi connectivity index (χ1n) is 7.42. The molecule has 126 valence electrons. The van der Waals surface area contributed by atoms with Crippen molar-refractivity contribution in [1.29, 1.82) is 0 Å². The first kappa shape index (κ1) is 16.3. The molecule has 0 unspecified atom stereocenters. The van der Waals surface area contributed by atoms with Crippen LogP contribution >= 0.6 is 0 Å². The molecule has 0 aliphatic rings. The Morgan fingerprint density at radius 1 is 1.08 bits per heavy atom. The number of rotatable bonds is 5. The highest BCUT2D eigenvalue weighted by Gasteiger charge is 2.13. The lowest BCUT2D eigenvalue weighted by Crippen LogP contribution is -2.20. The van der Waals surface area contributed by atoms with Gasteiger partial charge >= 0.3 is 0 Å². The van der Waals surface area contributed by atoms with Crippen LogP contribution in [0.3, 0.4) is 0 Å². The van der Waals surface area contributed by atoms with Crippen molar-refractivity contribution < 1.29 is 19.6 Å². The predicted octanol–water partition coefficient (Wildman–Crippen LogP) is 3.47. The Balaban J connectivity index is 1.66. The molecule has 0 aliphatic heterocycles. The highest BCUT2D eigenvalue weighted by Crippen LogP contribution is 2.27. The van der Waals surface area contributed by atoms with Crippen LogP contribution in [0.15, 0.2) is 60.7 Å². The van der Waals surface area contributed by atoms with Crippen LogP contribution in [0, 0.1) is 10.1 Å². The molecule has 3 aromatic rings. The number of anilines is 1. The van der Waals surface area contributed by atoms with Crippen molar-refractivity contribution >= 4 is 28.1 Å². The van der Waals surface area contributed by atoms with Gasteiger partial charge in [0.1, 0.15) is 11.5 Å². The van der Waals surface area contributed by atoms with E-state index in [0.29, 0.717) is 5.75 Å². The summed E-state index contributed by atoms with van der Waals surface area (Å²) < 4.78 is 5.44. The number of benzene rings is 3. The summed E-state index contributed by atoms with van der Waals surface area (Å²) in [5.41, 5.74) is -0.273. The van der Waals surface area contributed by atoms with E-state index in [1.807, 2.05) is 36.4 Å². The summed E-state index contributed by atoms with van der Waals surface area (Å²) in [5, 5.41) is 24.9. The van der Waals surface area contributed by atoms with Crippen LogP contribution in [0.2, 0.25) is 0 Å². The van der Waals surface area contributed by atoms with Gasteiger partial charge in [-0.15, -0.1) is 0 Å². The largest absolute Gasteiger partial charge is 0.506 e. The minimum atomic E-state index is -0.610. The highest BCUT2D eigenvalue weighted by atomic mass is 16.6. The quantitative estimate of drug-likeness (QED) is 0.421. The summed E-state index contributed by atoms with van der Waals surface area (Å²) in [6.45, 7) is -0.291. The Morgan fingerprint density at radius 3 is 2.60 bits per heavy atom. The van der Waals surface area contributed by atoms with Gasteiger partial charge < -0.3 is 15.2 Å². The van der Waals surface area contributed by atoms with Crippen molar-refractivity contribution in [2.45, 2.75) is 0 Å². The molecule has 2 N–H and O–H groups in total. The van der Waals surface area contributed by atoms with Crippen LogP contribution in [0.1, 0.15) is 0 Å². The molecule has 7 heteroatoms. The van der Waals surface area contributed by atoms with E-state index in [1.54, 1.807) is 6.07 Å². The maximum Gasteiger partial charge on any atom is 0.271 e. The molecule has 0 fully saturated rings. The fourth-order valence-electron chi connectivity index (χ4n) is 2.33. The zero-order valence-corrected chi connectivity index (χ0v) is 13.0. The van der Waals surface area contributed by atoms with E-state index >= 15 is 0 Å². The number of nitrogens with zero attached hydrogens (tertiary/aromatic N) is 1. The minimum Gasteiger partial charge on any atom is -0.506 e. The number of hydrogen-bond donors (Lipinski definition) is 2. The van der Waals surface area contributed by atoms with E-state index in [9.17, 15) is 20.0 Å². The summed E-state index contributed by atoms with van der Waals surface area (Å²) >= 11 is 0. The molecule has 1 amide bonds. The van der Waals surface area contributed by atoms with Crippen molar-refractivity contribution in [3.63, 3.8) is 0 Å². The Kier molecular flexibility index (Phi) is 4.47. The molecule has 3 rings (SSSR count). The van der Waals surface area contributed by atoms with Gasteiger partial charge in [-0.05, 0) is 29.0 Å². The monoisotopic (exact) mass is 338 g/mol. The van der Waals surface area contributed by atoms with E-state index in [1.165, 1.54) is 0 Å². The van der Waals surface area contributed by atoms with Crippen LogP contribution in [0.5, 0.6) is 11.5 Å². The summed E-state index contributed by atoms with van der Waals surface area (Å²) in [5.74, 6) is -0.272. The molecule has 0 aromatic heterocycles. The fourth-order valence-corrected chi connectivity index (χ4v) is 2.33. The van der Waals surface area contributed by atoms with Crippen molar-refractivity contribution in [2.24, 2.45) is 0 Å². The standard InChI is InChI=1S/C18H14N2O5/c21-17-8-6-14(20(23)24)10-16(17)19-18(22)11-25-15-7-5-12-3-1-2-4-13(12)9-15/h1-10,21H,11H2,(H,19,22). The number of nitro groups is 1. The first-order chi connectivity index (χ1) is 12.0. The van der Waals surface area contributed by atoms with Gasteiger partial charge in [0, 0.05) is 12.1 Å². The lowest BCUT2D eigenvalue weighted by molar-refractivity contribution is -0.384. The third kappa shape index (κ3) is 3.84. The molecule has 7 nitrogen and oxygen atoms in total. The molecule has 0 aliphatic carbocycles. The lowest BCUT2D eigenvalue weighted by atomic mass is 10.1. The van der Waals surface area contributed by atoms with E-state index in [2.05, 4.69) is 5.32 Å². The van der Waals surface area contributed by atoms with Gasteiger partial charge in [-0.2, -0.15) is 0 Å². The van der Waals surface area contributed by atoms with E-state index in [0.717, 1.165) is 29.0 Å². The fraction of sp³-hybridized carbons (Fsp3) is 0.0556. The Labute approximate surface area is 142 Å². The van der Waals surface area contributed by atoms with E-state index < -0.39 is 10.8 Å². The Morgan fingerprint density at radius 2 is 1.84 bits per heavy atom. The van der Waals surface area contributed by atoms with Crippen LogP contribution in [0.25, 0.3) is 10.8 Å². The van der Waals surface area contributed by atoms with Gasteiger partial charge in [-0.3, -0.25) is 14.9 Å². The third-order valence-corrected chi connectivity index (χ3v) is 3.56. The molecule has 25 heavy (non-hydrogen) atoms. The number of phenols is 1.